The molecule has 0 radical (unpaired) electrons. The van der Waals surface area contributed by atoms with Gasteiger partial charge in [-0.25, -0.2) is 13.6 Å². The SMILES string of the molecule is C=CC(=O)N1C[C@H](C)N(c2nc(=O)n3c4c(c(-c5ccc(F)cc5F)c(Cl)cc24)OC[C@@H]3CO[C@@H]2CCN(C)C2)C[C@H]1C. The van der Waals surface area contributed by atoms with E-state index in [4.69, 9.17) is 21.1 Å². The summed E-state index contributed by atoms with van der Waals surface area (Å²) >= 11 is 6.84. The highest BCUT2D eigenvalue weighted by Gasteiger charge is 2.36. The minimum Gasteiger partial charge on any atom is -0.488 e. The molecular weight excluding hydrogens is 580 g/mol. The zero-order chi connectivity index (χ0) is 30.6. The van der Waals surface area contributed by atoms with E-state index in [1.165, 1.54) is 12.1 Å². The standard InChI is InChI=1S/C31H34ClF2N5O4/c1-5-26(40)37-12-18(3)38(13-17(37)2)30-23-11-24(32)27(22-7-6-19(33)10-25(22)34)29-28(23)39(31(41)35-30)20(16-43-29)15-42-21-8-9-36(4)14-21/h5-7,10-11,17-18,20-21H,1,8-9,12-16H2,2-4H3/t17-,18+,20+,21-/m1/s1. The topological polar surface area (TPSA) is 80.1 Å². The van der Waals surface area contributed by atoms with E-state index < -0.39 is 23.4 Å². The lowest BCUT2D eigenvalue weighted by molar-refractivity contribution is -0.128. The molecule has 12 heteroatoms. The number of piperazine rings is 1. The minimum absolute atomic E-state index is 0.0378. The summed E-state index contributed by atoms with van der Waals surface area (Å²) < 4.78 is 43.0. The number of amides is 1. The summed E-state index contributed by atoms with van der Waals surface area (Å²) in [4.78, 5) is 36.8. The van der Waals surface area contributed by atoms with Crippen LogP contribution in [-0.4, -0.2) is 89.9 Å². The second-order valence-electron chi connectivity index (χ2n) is 11.7. The second-order valence-corrected chi connectivity index (χ2v) is 12.1. The van der Waals surface area contributed by atoms with E-state index in [1.54, 1.807) is 15.5 Å². The number of hydrogen-bond donors (Lipinski definition) is 0. The summed E-state index contributed by atoms with van der Waals surface area (Å²) in [5.41, 5.74) is 0.215. The van der Waals surface area contributed by atoms with Crippen molar-refractivity contribution in [3.8, 4) is 16.9 Å². The molecule has 4 heterocycles. The Labute approximate surface area is 253 Å². The van der Waals surface area contributed by atoms with Gasteiger partial charge in [0.2, 0.25) is 5.91 Å². The van der Waals surface area contributed by atoms with Crippen molar-refractivity contribution in [2.24, 2.45) is 0 Å². The van der Waals surface area contributed by atoms with Crippen molar-refractivity contribution in [1.82, 2.24) is 19.4 Å². The highest BCUT2D eigenvalue weighted by Crippen LogP contribution is 2.47. The van der Waals surface area contributed by atoms with Crippen molar-refractivity contribution in [2.75, 3.05) is 51.3 Å². The molecule has 4 atom stereocenters. The van der Waals surface area contributed by atoms with Crippen LogP contribution in [-0.2, 0) is 9.53 Å². The largest absolute Gasteiger partial charge is 0.488 e. The molecule has 3 aliphatic rings. The second kappa shape index (κ2) is 11.5. The first-order chi connectivity index (χ1) is 20.6. The molecule has 0 aliphatic carbocycles. The fourth-order valence-corrected chi connectivity index (χ4v) is 6.76. The molecule has 0 saturated carbocycles. The number of benzene rings is 2. The Morgan fingerprint density at radius 3 is 2.70 bits per heavy atom. The lowest BCUT2D eigenvalue weighted by atomic mass is 9.99. The smallest absolute Gasteiger partial charge is 0.350 e. The Hall–Kier alpha value is -3.54. The van der Waals surface area contributed by atoms with Gasteiger partial charge in [0, 0.05) is 60.8 Å². The maximum Gasteiger partial charge on any atom is 0.350 e. The van der Waals surface area contributed by atoms with E-state index in [0.29, 0.717) is 29.8 Å². The van der Waals surface area contributed by atoms with E-state index in [9.17, 15) is 14.0 Å². The normalized spacial score (nSPS) is 24.0. The molecule has 228 valence electrons. The van der Waals surface area contributed by atoms with Crippen molar-refractivity contribution < 1.29 is 23.0 Å². The lowest BCUT2D eigenvalue weighted by Gasteiger charge is -2.45. The number of likely N-dealkylation sites (tertiary alicyclic amines) is 1. The molecule has 2 aromatic carbocycles. The maximum absolute atomic E-state index is 15.1. The van der Waals surface area contributed by atoms with Crippen molar-refractivity contribution >= 4 is 34.2 Å². The highest BCUT2D eigenvalue weighted by atomic mass is 35.5. The van der Waals surface area contributed by atoms with Crippen LogP contribution in [0.4, 0.5) is 14.6 Å². The molecule has 9 nitrogen and oxygen atoms in total. The van der Waals surface area contributed by atoms with Crippen LogP contribution < -0.4 is 15.3 Å². The van der Waals surface area contributed by atoms with Gasteiger partial charge >= 0.3 is 5.69 Å². The Balaban J connectivity index is 1.51. The summed E-state index contributed by atoms with van der Waals surface area (Å²) in [6, 6.07) is 4.06. The number of ether oxygens (including phenoxy) is 2. The number of aromatic nitrogens is 2. The molecule has 0 unspecified atom stereocenters. The van der Waals surface area contributed by atoms with Gasteiger partial charge in [-0.3, -0.25) is 9.36 Å². The van der Waals surface area contributed by atoms with Crippen LogP contribution in [0.15, 0.2) is 41.7 Å². The molecule has 3 aliphatic heterocycles. The van der Waals surface area contributed by atoms with Crippen molar-refractivity contribution in [1.29, 1.82) is 0 Å². The average molecular weight is 614 g/mol. The highest BCUT2D eigenvalue weighted by molar-refractivity contribution is 6.35. The van der Waals surface area contributed by atoms with Gasteiger partial charge in [0.15, 0.2) is 5.75 Å². The Kier molecular flexibility index (Phi) is 7.91. The number of anilines is 1. The predicted molar refractivity (Wildman–Crippen MR) is 161 cm³/mol. The van der Waals surface area contributed by atoms with E-state index in [-0.39, 0.29) is 59.2 Å². The molecule has 0 spiro atoms. The van der Waals surface area contributed by atoms with Gasteiger partial charge in [-0.05, 0) is 51.6 Å². The molecule has 0 bridgehead atoms. The molecule has 3 aromatic rings. The quantitative estimate of drug-likeness (QED) is 0.385. The summed E-state index contributed by atoms with van der Waals surface area (Å²) in [6.45, 7) is 10.4. The molecular formula is C31H34ClF2N5O4. The van der Waals surface area contributed by atoms with Crippen LogP contribution in [0.2, 0.25) is 5.02 Å². The van der Waals surface area contributed by atoms with Crippen LogP contribution in [0.1, 0.15) is 26.3 Å². The predicted octanol–water partition coefficient (Wildman–Crippen LogP) is 4.26. The van der Waals surface area contributed by atoms with Gasteiger partial charge in [0.25, 0.3) is 0 Å². The molecule has 1 aromatic heterocycles. The fourth-order valence-electron chi connectivity index (χ4n) is 6.47. The summed E-state index contributed by atoms with van der Waals surface area (Å²) in [5, 5.41) is 0.727. The van der Waals surface area contributed by atoms with Crippen LogP contribution in [0.25, 0.3) is 22.0 Å². The van der Waals surface area contributed by atoms with E-state index in [0.717, 1.165) is 31.6 Å². The summed E-state index contributed by atoms with van der Waals surface area (Å²) in [7, 11) is 2.04. The van der Waals surface area contributed by atoms with E-state index in [1.807, 2.05) is 25.8 Å². The van der Waals surface area contributed by atoms with Crippen molar-refractivity contribution in [3.63, 3.8) is 0 Å². The maximum atomic E-state index is 15.1. The third-order valence-electron chi connectivity index (χ3n) is 8.67. The van der Waals surface area contributed by atoms with Crippen LogP contribution in [0.5, 0.6) is 5.75 Å². The molecule has 6 rings (SSSR count). The van der Waals surface area contributed by atoms with Crippen molar-refractivity contribution in [2.45, 2.75) is 44.5 Å². The number of hydrogen-bond acceptors (Lipinski definition) is 7. The number of carbonyl (C=O) groups is 1. The molecule has 43 heavy (non-hydrogen) atoms. The first kappa shape index (κ1) is 29.5. The number of likely N-dealkylation sites (N-methyl/N-ethyl adjacent to an activating group) is 1. The number of carbonyl (C=O) groups excluding carboxylic acids is 1. The van der Waals surface area contributed by atoms with Gasteiger partial charge in [0.1, 0.15) is 24.1 Å². The number of rotatable bonds is 6. The number of nitrogens with zero attached hydrogens (tertiary/aromatic N) is 5. The van der Waals surface area contributed by atoms with Crippen molar-refractivity contribution in [3.05, 3.63) is 64.1 Å². The van der Waals surface area contributed by atoms with Crippen LogP contribution in [0.3, 0.4) is 0 Å². The zero-order valence-corrected chi connectivity index (χ0v) is 25.1. The van der Waals surface area contributed by atoms with Gasteiger partial charge < -0.3 is 24.2 Å². The fraction of sp³-hybridized carbons (Fsp3) is 0.452. The van der Waals surface area contributed by atoms with Gasteiger partial charge in [-0.2, -0.15) is 4.98 Å². The van der Waals surface area contributed by atoms with Gasteiger partial charge in [-0.1, -0.05) is 18.2 Å². The molecule has 0 N–H and O–H groups in total. The Bertz CT molecular complexity index is 1670. The Morgan fingerprint density at radius 1 is 1.21 bits per heavy atom. The Morgan fingerprint density at radius 2 is 2.00 bits per heavy atom. The molecule has 2 fully saturated rings. The third kappa shape index (κ3) is 5.27. The molecule has 1 amide bonds. The minimum atomic E-state index is -0.800. The zero-order valence-electron chi connectivity index (χ0n) is 24.4. The first-order valence-corrected chi connectivity index (χ1v) is 14.8. The van der Waals surface area contributed by atoms with E-state index in [2.05, 4.69) is 16.5 Å². The first-order valence-electron chi connectivity index (χ1n) is 14.4. The summed E-state index contributed by atoms with van der Waals surface area (Å²) in [5.74, 6) is -1.05. The van der Waals surface area contributed by atoms with Crippen LogP contribution in [0, 0.1) is 11.6 Å². The van der Waals surface area contributed by atoms with Gasteiger partial charge in [-0.15, -0.1) is 0 Å². The van der Waals surface area contributed by atoms with Crippen LogP contribution >= 0.6 is 11.6 Å². The lowest BCUT2D eigenvalue weighted by Crippen LogP contribution is -2.58. The van der Waals surface area contributed by atoms with E-state index >= 15 is 4.39 Å². The van der Waals surface area contributed by atoms with Gasteiger partial charge in [0.05, 0.1) is 29.3 Å². The monoisotopic (exact) mass is 613 g/mol. The third-order valence-corrected chi connectivity index (χ3v) is 8.97. The molecule has 2 saturated heterocycles. The summed E-state index contributed by atoms with van der Waals surface area (Å²) in [6.07, 6.45) is 2.23. The number of halogens is 3. The average Bonchev–Trinajstić information content (AvgIpc) is 3.40.